The van der Waals surface area contributed by atoms with Gasteiger partial charge in [-0.25, -0.2) is 0 Å². The summed E-state index contributed by atoms with van der Waals surface area (Å²) < 4.78 is 5.11. The third kappa shape index (κ3) is 4.32. The van der Waals surface area contributed by atoms with Crippen molar-refractivity contribution in [2.45, 2.75) is 6.92 Å². The van der Waals surface area contributed by atoms with Gasteiger partial charge in [0.25, 0.3) is 0 Å². The average molecular weight is 217 g/mol. The van der Waals surface area contributed by atoms with Crippen LogP contribution in [0.2, 0.25) is 0 Å². The molecule has 0 aromatic heterocycles. The molecule has 0 aliphatic heterocycles. The van der Waals surface area contributed by atoms with Crippen LogP contribution < -0.4 is 10.1 Å². The predicted octanol–water partition coefficient (Wildman–Crippen LogP) is 2.87. The van der Waals surface area contributed by atoms with Gasteiger partial charge in [0, 0.05) is 13.1 Å². The molecule has 0 bridgehead atoms. The molecule has 0 fully saturated rings. The first-order valence-corrected chi connectivity index (χ1v) is 5.39. The molecule has 0 heterocycles. The van der Waals surface area contributed by atoms with Crippen molar-refractivity contribution in [3.8, 4) is 5.75 Å². The number of nitrogens with one attached hydrogen (secondary N) is 1. The molecule has 1 rings (SSSR count). The van der Waals surface area contributed by atoms with Gasteiger partial charge in [0.1, 0.15) is 5.75 Å². The van der Waals surface area contributed by atoms with Gasteiger partial charge in [0.2, 0.25) is 0 Å². The van der Waals surface area contributed by atoms with Crippen LogP contribution in [-0.2, 0) is 0 Å². The quantitative estimate of drug-likeness (QED) is 0.584. The molecule has 0 aliphatic rings. The molecule has 0 spiro atoms. The van der Waals surface area contributed by atoms with E-state index in [1.54, 1.807) is 7.11 Å². The highest BCUT2D eigenvalue weighted by Gasteiger charge is 1.93. The van der Waals surface area contributed by atoms with E-state index in [4.69, 9.17) is 4.74 Å². The zero-order valence-corrected chi connectivity index (χ0v) is 9.99. The minimum Gasteiger partial charge on any atom is -0.497 e. The van der Waals surface area contributed by atoms with Gasteiger partial charge in [-0.05, 0) is 24.6 Å². The maximum atomic E-state index is 5.11. The van der Waals surface area contributed by atoms with Crippen molar-refractivity contribution < 1.29 is 4.74 Å². The van der Waals surface area contributed by atoms with E-state index in [1.807, 2.05) is 18.2 Å². The van der Waals surface area contributed by atoms with Gasteiger partial charge in [0.15, 0.2) is 0 Å². The Hall–Kier alpha value is -1.54. The number of rotatable bonds is 6. The summed E-state index contributed by atoms with van der Waals surface area (Å²) in [5, 5.41) is 3.27. The summed E-state index contributed by atoms with van der Waals surface area (Å²) in [7, 11) is 1.68. The van der Waals surface area contributed by atoms with E-state index in [1.165, 1.54) is 11.1 Å². The predicted molar refractivity (Wildman–Crippen MR) is 69.7 cm³/mol. The van der Waals surface area contributed by atoms with Crippen LogP contribution in [0.15, 0.2) is 42.5 Å². The Morgan fingerprint density at radius 3 is 2.62 bits per heavy atom. The molecule has 0 atom stereocenters. The summed E-state index contributed by atoms with van der Waals surface area (Å²) in [6, 6.07) is 8.04. The minimum atomic E-state index is 0.841. The Labute approximate surface area is 97.6 Å². The lowest BCUT2D eigenvalue weighted by molar-refractivity contribution is 0.415. The molecule has 1 aromatic rings. The summed E-state index contributed by atoms with van der Waals surface area (Å²) >= 11 is 0. The average Bonchev–Trinajstić information content (AvgIpc) is 2.30. The van der Waals surface area contributed by atoms with Crippen molar-refractivity contribution in [3.05, 3.63) is 48.1 Å². The van der Waals surface area contributed by atoms with Crippen LogP contribution in [0.3, 0.4) is 0 Å². The number of methoxy groups -OCH3 is 1. The monoisotopic (exact) mass is 217 g/mol. The highest BCUT2D eigenvalue weighted by molar-refractivity contribution is 5.53. The summed E-state index contributed by atoms with van der Waals surface area (Å²) in [6.07, 6.45) is 4.02. The first kappa shape index (κ1) is 12.5. The SMILES string of the molecule is C=CCNC/C(C)=C\c1ccc(OC)cc1. The summed E-state index contributed by atoms with van der Waals surface area (Å²) in [5.74, 6) is 0.889. The Bertz CT molecular complexity index is 352. The second-order valence-corrected chi connectivity index (χ2v) is 3.68. The molecule has 86 valence electrons. The summed E-state index contributed by atoms with van der Waals surface area (Å²) in [5.41, 5.74) is 2.49. The first-order chi connectivity index (χ1) is 7.76. The van der Waals surface area contributed by atoms with Gasteiger partial charge in [0.05, 0.1) is 7.11 Å². The second-order valence-electron chi connectivity index (χ2n) is 3.68. The second kappa shape index (κ2) is 6.85. The molecule has 0 saturated carbocycles. The van der Waals surface area contributed by atoms with E-state index in [0.717, 1.165) is 18.8 Å². The zero-order chi connectivity index (χ0) is 11.8. The van der Waals surface area contributed by atoms with Crippen LogP contribution in [0.25, 0.3) is 6.08 Å². The van der Waals surface area contributed by atoms with E-state index >= 15 is 0 Å². The molecular formula is C14H19NO. The van der Waals surface area contributed by atoms with Crippen molar-refractivity contribution in [2.75, 3.05) is 20.2 Å². The van der Waals surface area contributed by atoms with Crippen molar-refractivity contribution in [1.29, 1.82) is 0 Å². The van der Waals surface area contributed by atoms with Crippen molar-refractivity contribution in [3.63, 3.8) is 0 Å². The lowest BCUT2D eigenvalue weighted by Crippen LogP contribution is -2.15. The zero-order valence-electron chi connectivity index (χ0n) is 9.99. The van der Waals surface area contributed by atoms with Gasteiger partial charge in [-0.1, -0.05) is 29.9 Å². The van der Waals surface area contributed by atoms with Gasteiger partial charge >= 0.3 is 0 Å². The Balaban J connectivity index is 2.55. The van der Waals surface area contributed by atoms with E-state index in [2.05, 4.69) is 37.0 Å². The van der Waals surface area contributed by atoms with Gasteiger partial charge in [-0.15, -0.1) is 6.58 Å². The van der Waals surface area contributed by atoms with Gasteiger partial charge < -0.3 is 10.1 Å². The maximum absolute atomic E-state index is 5.11. The summed E-state index contributed by atoms with van der Waals surface area (Å²) in [6.45, 7) is 7.50. The normalized spacial score (nSPS) is 11.2. The smallest absolute Gasteiger partial charge is 0.118 e. The molecule has 0 saturated heterocycles. The fourth-order valence-electron chi connectivity index (χ4n) is 1.41. The number of hydrogen-bond donors (Lipinski definition) is 1. The van der Waals surface area contributed by atoms with Crippen LogP contribution in [0.5, 0.6) is 5.75 Å². The van der Waals surface area contributed by atoms with Crippen LogP contribution in [-0.4, -0.2) is 20.2 Å². The number of benzene rings is 1. The van der Waals surface area contributed by atoms with Crippen molar-refractivity contribution in [1.82, 2.24) is 5.32 Å². The van der Waals surface area contributed by atoms with Crippen LogP contribution in [0, 0.1) is 0 Å². The van der Waals surface area contributed by atoms with Gasteiger partial charge in [-0.3, -0.25) is 0 Å². The first-order valence-electron chi connectivity index (χ1n) is 5.39. The lowest BCUT2D eigenvalue weighted by atomic mass is 10.1. The highest BCUT2D eigenvalue weighted by Crippen LogP contribution is 2.13. The Morgan fingerprint density at radius 1 is 1.38 bits per heavy atom. The topological polar surface area (TPSA) is 21.3 Å². The van der Waals surface area contributed by atoms with Crippen molar-refractivity contribution in [2.24, 2.45) is 0 Å². The fourth-order valence-corrected chi connectivity index (χ4v) is 1.41. The largest absolute Gasteiger partial charge is 0.497 e. The fraction of sp³-hybridized carbons (Fsp3) is 0.286. The standard InChI is InChI=1S/C14H19NO/c1-4-9-15-11-12(2)10-13-5-7-14(16-3)8-6-13/h4-8,10,15H,1,9,11H2,2-3H3/b12-10-. The van der Waals surface area contributed by atoms with E-state index < -0.39 is 0 Å². The molecule has 2 heteroatoms. The van der Waals surface area contributed by atoms with Crippen LogP contribution >= 0.6 is 0 Å². The molecule has 0 aliphatic carbocycles. The van der Waals surface area contributed by atoms with Gasteiger partial charge in [-0.2, -0.15) is 0 Å². The maximum Gasteiger partial charge on any atom is 0.118 e. The molecule has 1 aromatic carbocycles. The van der Waals surface area contributed by atoms with E-state index in [9.17, 15) is 0 Å². The highest BCUT2D eigenvalue weighted by atomic mass is 16.5. The van der Waals surface area contributed by atoms with E-state index in [-0.39, 0.29) is 0 Å². The summed E-state index contributed by atoms with van der Waals surface area (Å²) in [4.78, 5) is 0. The lowest BCUT2D eigenvalue weighted by Gasteiger charge is -2.03. The molecule has 0 radical (unpaired) electrons. The minimum absolute atomic E-state index is 0.841. The van der Waals surface area contributed by atoms with E-state index in [0.29, 0.717) is 0 Å². The molecule has 2 nitrogen and oxygen atoms in total. The van der Waals surface area contributed by atoms with Crippen LogP contribution in [0.4, 0.5) is 0 Å². The number of ether oxygens (including phenoxy) is 1. The third-order valence-electron chi connectivity index (χ3n) is 2.22. The molecule has 1 N–H and O–H groups in total. The van der Waals surface area contributed by atoms with Crippen molar-refractivity contribution >= 4 is 6.08 Å². The Kier molecular flexibility index (Phi) is 5.37. The molecule has 16 heavy (non-hydrogen) atoms. The Morgan fingerprint density at radius 2 is 2.06 bits per heavy atom. The molecule has 0 unspecified atom stereocenters. The third-order valence-corrected chi connectivity index (χ3v) is 2.22. The molecule has 0 amide bonds. The molecular weight excluding hydrogens is 198 g/mol. The van der Waals surface area contributed by atoms with Crippen LogP contribution in [0.1, 0.15) is 12.5 Å². The number of hydrogen-bond acceptors (Lipinski definition) is 2.